The lowest BCUT2D eigenvalue weighted by Gasteiger charge is -2.32. The summed E-state index contributed by atoms with van der Waals surface area (Å²) in [6.07, 6.45) is 14.7. The Morgan fingerprint density at radius 1 is 1.13 bits per heavy atom. The van der Waals surface area contributed by atoms with Crippen LogP contribution in [-0.4, -0.2) is 40.6 Å². The summed E-state index contributed by atoms with van der Waals surface area (Å²) in [6, 6.07) is 6.15. The summed E-state index contributed by atoms with van der Waals surface area (Å²) in [7, 11) is 1.86. The fourth-order valence-electron chi connectivity index (χ4n) is 6.27. The minimum atomic E-state index is -1.07. The van der Waals surface area contributed by atoms with Gasteiger partial charge in [-0.2, -0.15) is 0 Å². The number of carboxylic acid groups (broad SMARTS) is 1. The number of aryl methyl sites for hydroxylation is 3. The molecule has 1 fully saturated rings. The normalized spacial score (nSPS) is 15.9. The first kappa shape index (κ1) is 27.0. The van der Waals surface area contributed by atoms with Gasteiger partial charge in [-0.3, -0.25) is 9.78 Å². The summed E-state index contributed by atoms with van der Waals surface area (Å²) >= 11 is 0. The Labute approximate surface area is 230 Å². The Balaban J connectivity index is 1.52. The van der Waals surface area contributed by atoms with Gasteiger partial charge in [0, 0.05) is 43.7 Å². The minimum Gasteiger partial charge on any atom is -0.481 e. The SMILES string of the molecule is Cc1ncc(C(c2ccc3c(nnn3C)c2C)C(C)(C)C(=O)O)cc1Cn1ccnc1CC1CCCCCC1. The molecule has 1 saturated carbocycles. The van der Waals surface area contributed by atoms with E-state index in [-0.39, 0.29) is 0 Å². The quantitative estimate of drug-likeness (QED) is 0.283. The fraction of sp³-hybridized carbons (Fsp3) is 0.516. The average Bonchev–Trinajstić information content (AvgIpc) is 3.40. The number of imidazole rings is 1. The van der Waals surface area contributed by atoms with Crippen molar-refractivity contribution in [1.29, 1.82) is 0 Å². The molecule has 0 radical (unpaired) electrons. The van der Waals surface area contributed by atoms with Crippen molar-refractivity contribution in [2.75, 3.05) is 0 Å². The van der Waals surface area contributed by atoms with Gasteiger partial charge in [0.05, 0.1) is 17.5 Å². The number of nitrogens with zero attached hydrogens (tertiary/aromatic N) is 6. The number of carbonyl (C=O) groups is 1. The molecule has 39 heavy (non-hydrogen) atoms. The van der Waals surface area contributed by atoms with Gasteiger partial charge >= 0.3 is 5.97 Å². The Bertz CT molecular complexity index is 1480. The zero-order valence-electron chi connectivity index (χ0n) is 23.8. The molecule has 1 unspecified atom stereocenters. The van der Waals surface area contributed by atoms with Crippen molar-refractivity contribution in [2.45, 2.75) is 85.1 Å². The van der Waals surface area contributed by atoms with E-state index >= 15 is 0 Å². The van der Waals surface area contributed by atoms with Gasteiger partial charge in [0.1, 0.15) is 11.3 Å². The third kappa shape index (κ3) is 5.34. The number of pyridine rings is 1. The largest absolute Gasteiger partial charge is 0.481 e. The van der Waals surface area contributed by atoms with Crippen LogP contribution in [0.4, 0.5) is 0 Å². The molecule has 4 aromatic rings. The van der Waals surface area contributed by atoms with Crippen molar-refractivity contribution >= 4 is 17.0 Å². The van der Waals surface area contributed by atoms with Crippen LogP contribution in [0, 0.1) is 25.2 Å². The number of fused-ring (bicyclic) bond motifs is 1. The van der Waals surface area contributed by atoms with Crippen LogP contribution in [-0.2, 0) is 24.8 Å². The highest BCUT2D eigenvalue weighted by Crippen LogP contribution is 2.43. The molecule has 1 aromatic carbocycles. The molecule has 1 aliphatic carbocycles. The van der Waals surface area contributed by atoms with E-state index in [4.69, 9.17) is 9.97 Å². The molecule has 0 aliphatic heterocycles. The van der Waals surface area contributed by atoms with Crippen LogP contribution in [0.25, 0.3) is 11.0 Å². The first-order chi connectivity index (χ1) is 18.7. The van der Waals surface area contributed by atoms with Gasteiger partial charge < -0.3 is 9.67 Å². The maximum Gasteiger partial charge on any atom is 0.310 e. The van der Waals surface area contributed by atoms with E-state index in [0.29, 0.717) is 12.5 Å². The Kier molecular flexibility index (Phi) is 7.56. The van der Waals surface area contributed by atoms with Gasteiger partial charge in [-0.05, 0) is 61.9 Å². The van der Waals surface area contributed by atoms with E-state index < -0.39 is 17.3 Å². The van der Waals surface area contributed by atoms with Gasteiger partial charge in [0.2, 0.25) is 0 Å². The molecule has 3 heterocycles. The lowest BCUT2D eigenvalue weighted by Crippen LogP contribution is -2.32. The second kappa shape index (κ2) is 10.9. The van der Waals surface area contributed by atoms with E-state index in [2.05, 4.69) is 27.1 Å². The molecule has 3 aromatic heterocycles. The average molecular weight is 529 g/mol. The topological polar surface area (TPSA) is 98.7 Å². The maximum absolute atomic E-state index is 12.6. The molecule has 0 spiro atoms. The first-order valence-electron chi connectivity index (χ1n) is 14.1. The first-order valence-corrected chi connectivity index (χ1v) is 14.1. The van der Waals surface area contributed by atoms with Crippen molar-refractivity contribution in [3.63, 3.8) is 0 Å². The predicted molar refractivity (Wildman–Crippen MR) is 152 cm³/mol. The smallest absolute Gasteiger partial charge is 0.310 e. The molecule has 0 bridgehead atoms. The van der Waals surface area contributed by atoms with Gasteiger partial charge in [-0.15, -0.1) is 5.10 Å². The molecule has 206 valence electrons. The van der Waals surface area contributed by atoms with Crippen molar-refractivity contribution in [1.82, 2.24) is 29.5 Å². The number of rotatable bonds is 8. The zero-order valence-corrected chi connectivity index (χ0v) is 23.8. The maximum atomic E-state index is 12.6. The molecule has 8 heteroatoms. The molecule has 1 aliphatic rings. The Morgan fingerprint density at radius 2 is 1.87 bits per heavy atom. The minimum absolute atomic E-state index is 0.415. The van der Waals surface area contributed by atoms with Crippen LogP contribution in [0.2, 0.25) is 0 Å². The van der Waals surface area contributed by atoms with Gasteiger partial charge in [0.15, 0.2) is 0 Å². The van der Waals surface area contributed by atoms with Crippen molar-refractivity contribution < 1.29 is 9.90 Å². The highest BCUT2D eigenvalue weighted by atomic mass is 16.4. The van der Waals surface area contributed by atoms with Crippen LogP contribution >= 0.6 is 0 Å². The van der Waals surface area contributed by atoms with E-state index in [1.54, 1.807) is 18.5 Å². The van der Waals surface area contributed by atoms with E-state index in [0.717, 1.165) is 51.2 Å². The number of benzene rings is 1. The van der Waals surface area contributed by atoms with E-state index in [9.17, 15) is 9.90 Å². The Hall–Kier alpha value is -3.55. The molecule has 1 N–H and O–H groups in total. The van der Waals surface area contributed by atoms with E-state index in [1.807, 2.05) is 45.4 Å². The monoisotopic (exact) mass is 528 g/mol. The van der Waals surface area contributed by atoms with Crippen molar-refractivity contribution in [3.8, 4) is 0 Å². The van der Waals surface area contributed by atoms with Crippen LogP contribution in [0.15, 0.2) is 36.8 Å². The standard InChI is InChI=1S/C31H40N6O2/c1-20-25(12-13-26-29(20)34-35-36(26)5)28(31(3,4)30(38)39)23-17-24(21(2)33-18-23)19-37-15-14-32-27(37)16-22-10-8-6-7-9-11-22/h12-15,17-18,22,28H,6-11,16,19H2,1-5H3,(H,38,39). The molecule has 0 saturated heterocycles. The highest BCUT2D eigenvalue weighted by Gasteiger charge is 2.40. The van der Waals surface area contributed by atoms with Gasteiger partial charge in [0.25, 0.3) is 0 Å². The lowest BCUT2D eigenvalue weighted by atomic mass is 9.70. The van der Waals surface area contributed by atoms with Crippen molar-refractivity contribution in [2.24, 2.45) is 18.4 Å². The van der Waals surface area contributed by atoms with Crippen molar-refractivity contribution in [3.05, 3.63) is 70.6 Å². The number of hydrogen-bond acceptors (Lipinski definition) is 5. The van der Waals surface area contributed by atoms with Gasteiger partial charge in [-0.25, -0.2) is 9.67 Å². The summed E-state index contributed by atoms with van der Waals surface area (Å²) in [6.45, 7) is 8.28. The number of aliphatic carboxylic acids is 1. The summed E-state index contributed by atoms with van der Waals surface area (Å²) in [5, 5.41) is 18.9. The fourth-order valence-corrected chi connectivity index (χ4v) is 6.27. The number of carboxylic acids is 1. The highest BCUT2D eigenvalue weighted by molar-refractivity contribution is 5.81. The zero-order chi connectivity index (χ0) is 27.7. The van der Waals surface area contributed by atoms with Crippen LogP contribution in [0.3, 0.4) is 0 Å². The second-order valence-corrected chi connectivity index (χ2v) is 11.9. The molecule has 8 nitrogen and oxygen atoms in total. The number of aromatic nitrogens is 6. The summed E-state index contributed by atoms with van der Waals surface area (Å²) in [5.74, 6) is 0.548. The summed E-state index contributed by atoms with van der Waals surface area (Å²) in [5.41, 5.74) is 5.44. The third-order valence-corrected chi connectivity index (χ3v) is 8.80. The van der Waals surface area contributed by atoms with Crippen LogP contribution < -0.4 is 0 Å². The molecule has 1 atom stereocenters. The third-order valence-electron chi connectivity index (χ3n) is 8.80. The van der Waals surface area contributed by atoms with Gasteiger partial charge in [-0.1, -0.05) is 55.9 Å². The lowest BCUT2D eigenvalue weighted by molar-refractivity contribution is -0.147. The molecular formula is C31H40N6O2. The van der Waals surface area contributed by atoms with Crippen LogP contribution in [0.5, 0.6) is 0 Å². The van der Waals surface area contributed by atoms with Crippen LogP contribution in [0.1, 0.15) is 92.1 Å². The molecule has 5 rings (SSSR count). The molecular weight excluding hydrogens is 488 g/mol. The predicted octanol–water partition coefficient (Wildman–Crippen LogP) is 5.98. The number of hydrogen-bond donors (Lipinski definition) is 1. The second-order valence-electron chi connectivity index (χ2n) is 11.9. The summed E-state index contributed by atoms with van der Waals surface area (Å²) in [4.78, 5) is 22.1. The Morgan fingerprint density at radius 3 is 2.59 bits per heavy atom. The summed E-state index contributed by atoms with van der Waals surface area (Å²) < 4.78 is 3.99. The van der Waals surface area contributed by atoms with E-state index in [1.165, 1.54) is 38.5 Å². The molecule has 0 amide bonds.